The zero-order valence-electron chi connectivity index (χ0n) is 13.9. The monoisotopic (exact) mass is 316 g/mol. The van der Waals surface area contributed by atoms with Crippen LogP contribution in [0.5, 0.6) is 0 Å². The Kier molecular flexibility index (Phi) is 4.71. The van der Waals surface area contributed by atoms with Crippen molar-refractivity contribution in [1.82, 2.24) is 4.98 Å². The molecule has 0 atom stereocenters. The van der Waals surface area contributed by atoms with Crippen molar-refractivity contribution in [2.24, 2.45) is 0 Å². The molecule has 24 heavy (non-hydrogen) atoms. The molecule has 0 N–H and O–H groups in total. The average Bonchev–Trinajstić information content (AvgIpc) is 2.63. The Labute approximate surface area is 142 Å². The summed E-state index contributed by atoms with van der Waals surface area (Å²) in [6.07, 6.45) is 1.76. The lowest BCUT2D eigenvalue weighted by molar-refractivity contribution is 0.0984. The summed E-state index contributed by atoms with van der Waals surface area (Å²) in [6.45, 7) is 4.36. The van der Waals surface area contributed by atoms with Crippen LogP contribution in [0.15, 0.2) is 72.9 Å². The molecule has 120 valence electrons. The van der Waals surface area contributed by atoms with Gasteiger partial charge in [-0.1, -0.05) is 48.5 Å². The number of anilines is 1. The van der Waals surface area contributed by atoms with E-state index in [-0.39, 0.29) is 5.91 Å². The number of rotatable bonds is 4. The number of benzene rings is 2. The van der Waals surface area contributed by atoms with Crippen molar-refractivity contribution < 1.29 is 4.79 Å². The highest BCUT2D eigenvalue weighted by molar-refractivity contribution is 6.06. The maximum absolute atomic E-state index is 13.2. The van der Waals surface area contributed by atoms with Gasteiger partial charge in [-0.3, -0.25) is 9.78 Å². The first kappa shape index (κ1) is 15.9. The van der Waals surface area contributed by atoms with Crippen LogP contribution < -0.4 is 4.90 Å². The third kappa shape index (κ3) is 3.51. The van der Waals surface area contributed by atoms with Gasteiger partial charge in [0.05, 0.1) is 6.54 Å². The van der Waals surface area contributed by atoms with Gasteiger partial charge in [-0.05, 0) is 43.2 Å². The van der Waals surface area contributed by atoms with E-state index in [0.29, 0.717) is 12.1 Å². The highest BCUT2D eigenvalue weighted by Gasteiger charge is 2.20. The maximum Gasteiger partial charge on any atom is 0.258 e. The molecule has 3 rings (SSSR count). The number of nitrogens with zero attached hydrogens (tertiary/aromatic N) is 2. The van der Waals surface area contributed by atoms with E-state index in [4.69, 9.17) is 0 Å². The lowest BCUT2D eigenvalue weighted by atomic mass is 10.1. The number of para-hydroxylation sites is 1. The first-order valence-electron chi connectivity index (χ1n) is 7.99. The summed E-state index contributed by atoms with van der Waals surface area (Å²) in [7, 11) is 0. The molecule has 0 fully saturated rings. The van der Waals surface area contributed by atoms with Gasteiger partial charge in [0.1, 0.15) is 0 Å². The quantitative estimate of drug-likeness (QED) is 0.707. The number of hydrogen-bond donors (Lipinski definition) is 0. The number of carbonyl (C=O) groups excluding carboxylic acids is 1. The van der Waals surface area contributed by atoms with Gasteiger partial charge in [-0.15, -0.1) is 0 Å². The van der Waals surface area contributed by atoms with Crippen molar-refractivity contribution in [3.05, 3.63) is 95.3 Å². The standard InChI is InChI=1S/C21H20N2O/c1-16-14-22-17(2)13-20(16)21(24)23(19-11-7-4-8-12-19)15-18-9-5-3-6-10-18/h3-14H,15H2,1-2H3. The minimum Gasteiger partial charge on any atom is -0.304 e. The number of carbonyl (C=O) groups is 1. The molecular formula is C21H20N2O. The topological polar surface area (TPSA) is 33.2 Å². The second-order valence-corrected chi connectivity index (χ2v) is 5.85. The van der Waals surface area contributed by atoms with Gasteiger partial charge in [0.15, 0.2) is 0 Å². The highest BCUT2D eigenvalue weighted by Crippen LogP contribution is 2.21. The molecule has 1 heterocycles. The molecule has 0 bridgehead atoms. The number of pyridine rings is 1. The maximum atomic E-state index is 13.2. The first-order chi connectivity index (χ1) is 11.6. The second kappa shape index (κ2) is 7.09. The van der Waals surface area contributed by atoms with Crippen LogP contribution in [0.4, 0.5) is 5.69 Å². The molecule has 2 aromatic carbocycles. The largest absolute Gasteiger partial charge is 0.304 e. The lowest BCUT2D eigenvalue weighted by Crippen LogP contribution is -2.31. The molecule has 0 saturated heterocycles. The Balaban J connectivity index is 2.01. The molecule has 1 aromatic heterocycles. The van der Waals surface area contributed by atoms with E-state index in [0.717, 1.165) is 22.5 Å². The fourth-order valence-corrected chi connectivity index (χ4v) is 2.66. The third-order valence-corrected chi connectivity index (χ3v) is 3.97. The molecule has 0 aliphatic carbocycles. The van der Waals surface area contributed by atoms with Gasteiger partial charge in [-0.2, -0.15) is 0 Å². The molecular weight excluding hydrogens is 296 g/mol. The van der Waals surface area contributed by atoms with Crippen LogP contribution in [-0.2, 0) is 6.54 Å². The molecule has 0 unspecified atom stereocenters. The Bertz CT molecular complexity index is 829. The van der Waals surface area contributed by atoms with E-state index < -0.39 is 0 Å². The SMILES string of the molecule is Cc1cc(C(=O)N(Cc2ccccc2)c2ccccc2)c(C)cn1. The Hall–Kier alpha value is -2.94. The van der Waals surface area contributed by atoms with Crippen LogP contribution in [0, 0.1) is 13.8 Å². The van der Waals surface area contributed by atoms with Crippen molar-refractivity contribution in [2.45, 2.75) is 20.4 Å². The van der Waals surface area contributed by atoms with Crippen molar-refractivity contribution in [3.8, 4) is 0 Å². The smallest absolute Gasteiger partial charge is 0.258 e. The fraction of sp³-hybridized carbons (Fsp3) is 0.143. The normalized spacial score (nSPS) is 10.4. The molecule has 0 radical (unpaired) electrons. The molecule has 3 nitrogen and oxygen atoms in total. The van der Waals surface area contributed by atoms with Gasteiger partial charge in [0.2, 0.25) is 0 Å². The summed E-state index contributed by atoms with van der Waals surface area (Å²) in [4.78, 5) is 19.3. The zero-order valence-corrected chi connectivity index (χ0v) is 13.9. The van der Waals surface area contributed by atoms with Crippen LogP contribution in [0.3, 0.4) is 0 Å². The summed E-state index contributed by atoms with van der Waals surface area (Å²) < 4.78 is 0. The van der Waals surface area contributed by atoms with Crippen molar-refractivity contribution in [1.29, 1.82) is 0 Å². The molecule has 0 spiro atoms. The summed E-state index contributed by atoms with van der Waals surface area (Å²) in [5.41, 5.74) is 4.41. The molecule has 3 aromatic rings. The van der Waals surface area contributed by atoms with Gasteiger partial charge < -0.3 is 4.90 Å². The van der Waals surface area contributed by atoms with E-state index in [1.165, 1.54) is 0 Å². The zero-order chi connectivity index (χ0) is 16.9. The van der Waals surface area contributed by atoms with Crippen LogP contribution in [0.25, 0.3) is 0 Å². The van der Waals surface area contributed by atoms with E-state index in [9.17, 15) is 4.79 Å². The molecule has 0 saturated carbocycles. The Morgan fingerprint density at radius 3 is 2.25 bits per heavy atom. The predicted octanol–water partition coefficient (Wildman–Crippen LogP) is 4.55. The van der Waals surface area contributed by atoms with Gasteiger partial charge in [0.25, 0.3) is 5.91 Å². The Morgan fingerprint density at radius 1 is 0.958 bits per heavy atom. The Morgan fingerprint density at radius 2 is 1.58 bits per heavy atom. The average molecular weight is 316 g/mol. The highest BCUT2D eigenvalue weighted by atomic mass is 16.2. The summed E-state index contributed by atoms with van der Waals surface area (Å²) in [5.74, 6) is -0.00643. The molecule has 0 aliphatic heterocycles. The van der Waals surface area contributed by atoms with E-state index >= 15 is 0 Å². The van der Waals surface area contributed by atoms with Gasteiger partial charge >= 0.3 is 0 Å². The van der Waals surface area contributed by atoms with Crippen molar-refractivity contribution in [3.63, 3.8) is 0 Å². The van der Waals surface area contributed by atoms with E-state index in [2.05, 4.69) is 4.98 Å². The number of hydrogen-bond acceptors (Lipinski definition) is 2. The molecule has 1 amide bonds. The minimum atomic E-state index is -0.00643. The van der Waals surface area contributed by atoms with Gasteiger partial charge in [0, 0.05) is 23.1 Å². The summed E-state index contributed by atoms with van der Waals surface area (Å²) >= 11 is 0. The van der Waals surface area contributed by atoms with Crippen molar-refractivity contribution >= 4 is 11.6 Å². The summed E-state index contributed by atoms with van der Waals surface area (Å²) in [5, 5.41) is 0. The molecule has 3 heteroatoms. The van der Waals surface area contributed by atoms with Crippen LogP contribution in [0.1, 0.15) is 27.2 Å². The molecule has 0 aliphatic rings. The van der Waals surface area contributed by atoms with Crippen LogP contribution in [-0.4, -0.2) is 10.9 Å². The lowest BCUT2D eigenvalue weighted by Gasteiger charge is -2.24. The van der Waals surface area contributed by atoms with Gasteiger partial charge in [-0.25, -0.2) is 0 Å². The van der Waals surface area contributed by atoms with Crippen LogP contribution >= 0.6 is 0 Å². The van der Waals surface area contributed by atoms with E-state index in [1.807, 2.05) is 85.5 Å². The number of aromatic nitrogens is 1. The van der Waals surface area contributed by atoms with Crippen LogP contribution in [0.2, 0.25) is 0 Å². The number of aryl methyl sites for hydroxylation is 2. The first-order valence-corrected chi connectivity index (χ1v) is 7.99. The predicted molar refractivity (Wildman–Crippen MR) is 97.1 cm³/mol. The fourth-order valence-electron chi connectivity index (χ4n) is 2.66. The number of amides is 1. The van der Waals surface area contributed by atoms with Crippen molar-refractivity contribution in [2.75, 3.05) is 4.90 Å². The third-order valence-electron chi connectivity index (χ3n) is 3.97. The van der Waals surface area contributed by atoms with E-state index in [1.54, 1.807) is 6.20 Å². The summed E-state index contributed by atoms with van der Waals surface area (Å²) in [6, 6.07) is 21.7. The second-order valence-electron chi connectivity index (χ2n) is 5.85. The minimum absolute atomic E-state index is 0.00643.